The van der Waals surface area contributed by atoms with E-state index in [1.54, 1.807) is 0 Å². The maximum absolute atomic E-state index is 13.5. The van der Waals surface area contributed by atoms with Crippen LogP contribution < -0.4 is 10.1 Å². The number of anilines is 1. The molecule has 2 aromatic rings. The van der Waals surface area contributed by atoms with Gasteiger partial charge in [0.1, 0.15) is 5.75 Å². The molecule has 1 aliphatic rings. The molecule has 0 fully saturated rings. The number of para-hydroxylation sites is 1. The van der Waals surface area contributed by atoms with Gasteiger partial charge in [0, 0.05) is 18.0 Å². The van der Waals surface area contributed by atoms with Gasteiger partial charge in [0.15, 0.2) is 11.6 Å². The lowest BCUT2D eigenvalue weighted by Crippen LogP contribution is -2.14. The highest BCUT2D eigenvalue weighted by molar-refractivity contribution is 5.47. The fourth-order valence-electron chi connectivity index (χ4n) is 2.27. The molecule has 0 spiro atoms. The molecule has 0 saturated heterocycles. The predicted octanol–water partition coefficient (Wildman–Crippen LogP) is 3.55. The van der Waals surface area contributed by atoms with E-state index in [4.69, 9.17) is 4.74 Å². The van der Waals surface area contributed by atoms with E-state index in [-0.39, 0.29) is 11.6 Å². The van der Waals surface area contributed by atoms with Crippen LogP contribution in [0.5, 0.6) is 5.75 Å². The third kappa shape index (κ3) is 2.26. The molecule has 19 heavy (non-hydrogen) atoms. The van der Waals surface area contributed by atoms with Gasteiger partial charge >= 0.3 is 0 Å². The molecule has 2 nitrogen and oxygen atoms in total. The Hall–Kier alpha value is -2.10. The largest absolute Gasteiger partial charge is 0.493 e. The third-order valence-electron chi connectivity index (χ3n) is 3.29. The molecule has 0 bridgehead atoms. The maximum atomic E-state index is 13.5. The molecule has 0 aliphatic carbocycles. The van der Waals surface area contributed by atoms with Crippen LogP contribution in [0.4, 0.5) is 14.5 Å². The molecule has 3 rings (SSSR count). The Bertz CT molecular complexity index is 600. The van der Waals surface area contributed by atoms with Crippen molar-refractivity contribution in [1.82, 2.24) is 0 Å². The Labute approximate surface area is 110 Å². The van der Waals surface area contributed by atoms with E-state index in [0.717, 1.165) is 17.4 Å². The molecular formula is C15H13F2NO. The summed E-state index contributed by atoms with van der Waals surface area (Å²) in [6.45, 7) is 1.07. The van der Waals surface area contributed by atoms with E-state index in [2.05, 4.69) is 5.32 Å². The van der Waals surface area contributed by atoms with Crippen molar-refractivity contribution in [2.45, 2.75) is 5.92 Å². The summed E-state index contributed by atoms with van der Waals surface area (Å²) < 4.78 is 32.1. The average molecular weight is 261 g/mol. The highest BCUT2D eigenvalue weighted by Crippen LogP contribution is 2.33. The number of halogens is 2. The van der Waals surface area contributed by atoms with E-state index >= 15 is 0 Å². The molecule has 4 heteroatoms. The van der Waals surface area contributed by atoms with Gasteiger partial charge in [-0.15, -0.1) is 0 Å². The van der Waals surface area contributed by atoms with E-state index in [0.29, 0.717) is 13.2 Å². The van der Waals surface area contributed by atoms with Gasteiger partial charge < -0.3 is 10.1 Å². The van der Waals surface area contributed by atoms with Gasteiger partial charge in [-0.25, -0.2) is 8.78 Å². The van der Waals surface area contributed by atoms with E-state index in [1.165, 1.54) is 12.1 Å². The summed E-state index contributed by atoms with van der Waals surface area (Å²) in [4.78, 5) is 0. The first-order chi connectivity index (χ1) is 9.25. The van der Waals surface area contributed by atoms with Gasteiger partial charge in [0.05, 0.1) is 12.3 Å². The Balaban J connectivity index is 1.73. The minimum Gasteiger partial charge on any atom is -0.493 e. The maximum Gasteiger partial charge on any atom is 0.181 e. The van der Waals surface area contributed by atoms with Crippen molar-refractivity contribution in [2.75, 3.05) is 18.5 Å². The lowest BCUT2D eigenvalue weighted by atomic mass is 10.0. The van der Waals surface area contributed by atoms with Crippen molar-refractivity contribution < 1.29 is 13.5 Å². The van der Waals surface area contributed by atoms with Crippen LogP contribution in [-0.4, -0.2) is 13.2 Å². The lowest BCUT2D eigenvalue weighted by Gasteiger charge is -2.12. The fraction of sp³-hybridized carbons (Fsp3) is 0.200. The number of ether oxygens (including phenoxy) is 1. The monoisotopic (exact) mass is 261 g/mol. The lowest BCUT2D eigenvalue weighted by molar-refractivity contribution is 0.334. The predicted molar refractivity (Wildman–Crippen MR) is 69.5 cm³/mol. The van der Waals surface area contributed by atoms with Crippen molar-refractivity contribution >= 4 is 5.69 Å². The number of nitrogens with one attached hydrogen (secondary N) is 1. The first kappa shape index (κ1) is 12.0. The van der Waals surface area contributed by atoms with Crippen LogP contribution >= 0.6 is 0 Å². The molecule has 1 unspecified atom stereocenters. The van der Waals surface area contributed by atoms with Gasteiger partial charge in [0.2, 0.25) is 0 Å². The zero-order chi connectivity index (χ0) is 13.2. The molecule has 0 amide bonds. The second-order valence-corrected chi connectivity index (χ2v) is 4.53. The molecule has 1 aliphatic heterocycles. The van der Waals surface area contributed by atoms with E-state index < -0.39 is 11.6 Å². The van der Waals surface area contributed by atoms with Crippen molar-refractivity contribution in [3.8, 4) is 5.75 Å². The summed E-state index contributed by atoms with van der Waals surface area (Å²) >= 11 is 0. The zero-order valence-electron chi connectivity index (χ0n) is 10.2. The minimum atomic E-state index is -0.840. The van der Waals surface area contributed by atoms with Crippen LogP contribution in [-0.2, 0) is 0 Å². The number of benzene rings is 2. The summed E-state index contributed by atoms with van der Waals surface area (Å²) in [6, 6.07) is 11.9. The van der Waals surface area contributed by atoms with Crippen LogP contribution in [0.25, 0.3) is 0 Å². The average Bonchev–Trinajstić information content (AvgIpc) is 2.84. The molecule has 0 aromatic heterocycles. The number of fused-ring (bicyclic) bond motifs is 1. The highest BCUT2D eigenvalue weighted by atomic mass is 19.2. The Morgan fingerprint density at radius 2 is 1.95 bits per heavy atom. The number of rotatable bonds is 3. The van der Waals surface area contributed by atoms with Gasteiger partial charge in [-0.2, -0.15) is 0 Å². The second kappa shape index (κ2) is 4.88. The van der Waals surface area contributed by atoms with Gasteiger partial charge in [-0.05, 0) is 18.2 Å². The fourth-order valence-corrected chi connectivity index (χ4v) is 2.27. The number of hydrogen-bond donors (Lipinski definition) is 1. The van der Waals surface area contributed by atoms with Gasteiger partial charge in [-0.3, -0.25) is 0 Å². The topological polar surface area (TPSA) is 21.3 Å². The van der Waals surface area contributed by atoms with E-state index in [1.807, 2.05) is 24.3 Å². The Kier molecular flexibility index (Phi) is 3.07. The standard InChI is InChI=1S/C15H13F2NO/c16-12-5-3-6-13(15(12)17)18-8-10-9-19-14-7-2-1-4-11(10)14/h1-7,10,18H,8-9H2. The minimum absolute atomic E-state index is 0.152. The molecule has 1 heterocycles. The van der Waals surface area contributed by atoms with Crippen molar-refractivity contribution in [2.24, 2.45) is 0 Å². The molecule has 1 N–H and O–H groups in total. The van der Waals surface area contributed by atoms with Crippen molar-refractivity contribution in [3.63, 3.8) is 0 Å². The molecule has 2 aromatic carbocycles. The molecular weight excluding hydrogens is 248 g/mol. The summed E-state index contributed by atoms with van der Waals surface area (Å²) in [5, 5.41) is 2.94. The van der Waals surface area contributed by atoms with Crippen LogP contribution in [0.2, 0.25) is 0 Å². The Morgan fingerprint density at radius 3 is 2.84 bits per heavy atom. The molecule has 0 saturated carbocycles. The molecule has 98 valence electrons. The number of hydrogen-bond acceptors (Lipinski definition) is 2. The summed E-state index contributed by atoms with van der Waals surface area (Å²) in [7, 11) is 0. The highest BCUT2D eigenvalue weighted by Gasteiger charge is 2.23. The summed E-state index contributed by atoms with van der Waals surface area (Å²) in [5.74, 6) is -0.657. The van der Waals surface area contributed by atoms with Crippen LogP contribution in [0.1, 0.15) is 11.5 Å². The Morgan fingerprint density at radius 1 is 1.11 bits per heavy atom. The van der Waals surface area contributed by atoms with Crippen molar-refractivity contribution in [1.29, 1.82) is 0 Å². The first-order valence-electron chi connectivity index (χ1n) is 6.15. The zero-order valence-corrected chi connectivity index (χ0v) is 10.2. The second-order valence-electron chi connectivity index (χ2n) is 4.53. The summed E-state index contributed by atoms with van der Waals surface area (Å²) in [6.07, 6.45) is 0. The van der Waals surface area contributed by atoms with Gasteiger partial charge in [0.25, 0.3) is 0 Å². The van der Waals surface area contributed by atoms with Crippen LogP contribution in [0, 0.1) is 11.6 Å². The molecule has 0 radical (unpaired) electrons. The molecule has 1 atom stereocenters. The smallest absolute Gasteiger partial charge is 0.181 e. The summed E-state index contributed by atoms with van der Waals surface area (Å²) in [5.41, 5.74) is 1.29. The van der Waals surface area contributed by atoms with Gasteiger partial charge in [-0.1, -0.05) is 24.3 Å². The van der Waals surface area contributed by atoms with E-state index in [9.17, 15) is 8.78 Å². The van der Waals surface area contributed by atoms with Crippen LogP contribution in [0.15, 0.2) is 42.5 Å². The third-order valence-corrected chi connectivity index (χ3v) is 3.29. The van der Waals surface area contributed by atoms with Crippen molar-refractivity contribution in [3.05, 3.63) is 59.7 Å². The SMILES string of the molecule is Fc1cccc(NCC2COc3ccccc32)c1F. The first-order valence-corrected chi connectivity index (χ1v) is 6.15. The van der Waals surface area contributed by atoms with Crippen LogP contribution in [0.3, 0.4) is 0 Å². The quantitative estimate of drug-likeness (QED) is 0.912. The normalized spacial score (nSPS) is 16.8.